The maximum absolute atomic E-state index is 10.7. The average Bonchev–Trinajstić information content (AvgIpc) is 2.25. The molecule has 1 aromatic rings. The Morgan fingerprint density at radius 1 is 1.53 bits per heavy atom. The summed E-state index contributed by atoms with van der Waals surface area (Å²) in [6, 6.07) is 4.74. The van der Waals surface area contributed by atoms with Gasteiger partial charge in [0.05, 0.1) is 11.5 Å². The van der Waals surface area contributed by atoms with E-state index in [2.05, 4.69) is 17.2 Å². The lowest BCUT2D eigenvalue weighted by atomic mass is 10.1. The van der Waals surface area contributed by atoms with Gasteiger partial charge >= 0.3 is 0 Å². The van der Waals surface area contributed by atoms with Gasteiger partial charge in [0.2, 0.25) is 5.91 Å². The minimum Gasteiger partial charge on any atom is -0.345 e. The molecule has 0 aromatic heterocycles. The number of rotatable bonds is 2. The maximum atomic E-state index is 10.7. The number of benzene rings is 1. The first-order valence-electron chi connectivity index (χ1n) is 4.99. The fraction of sp³-hybridized carbons (Fsp3) is 0.250. The van der Waals surface area contributed by atoms with Gasteiger partial charge in [-0.2, -0.15) is 0 Å². The summed E-state index contributed by atoms with van der Waals surface area (Å²) in [7, 11) is 0. The van der Waals surface area contributed by atoms with E-state index >= 15 is 0 Å². The van der Waals surface area contributed by atoms with E-state index < -0.39 is 4.92 Å². The number of nitro groups is 1. The predicted molar refractivity (Wildman–Crippen MR) is 63.4 cm³/mol. The SMILES string of the molecule is CC(=O)NCC#Cc1cccc([N+](=O)[O-])c1C. The summed E-state index contributed by atoms with van der Waals surface area (Å²) in [5, 5.41) is 13.2. The van der Waals surface area contributed by atoms with Crippen molar-refractivity contribution in [2.75, 3.05) is 6.54 Å². The fourth-order valence-corrected chi connectivity index (χ4v) is 1.26. The van der Waals surface area contributed by atoms with E-state index in [0.29, 0.717) is 11.1 Å². The van der Waals surface area contributed by atoms with Crippen LogP contribution in [0.5, 0.6) is 0 Å². The van der Waals surface area contributed by atoms with Gasteiger partial charge in [-0.1, -0.05) is 17.9 Å². The lowest BCUT2D eigenvalue weighted by Crippen LogP contribution is -2.19. The largest absolute Gasteiger partial charge is 0.345 e. The van der Waals surface area contributed by atoms with Gasteiger partial charge < -0.3 is 5.32 Å². The number of nitro benzene ring substituents is 1. The van der Waals surface area contributed by atoms with Crippen LogP contribution in [0.4, 0.5) is 5.69 Å². The molecule has 0 fully saturated rings. The Morgan fingerprint density at radius 3 is 2.82 bits per heavy atom. The van der Waals surface area contributed by atoms with Crippen LogP contribution in [-0.2, 0) is 4.79 Å². The van der Waals surface area contributed by atoms with Gasteiger partial charge in [-0.3, -0.25) is 14.9 Å². The lowest BCUT2D eigenvalue weighted by Gasteiger charge is -1.99. The van der Waals surface area contributed by atoms with Crippen molar-refractivity contribution < 1.29 is 9.72 Å². The highest BCUT2D eigenvalue weighted by Gasteiger charge is 2.11. The summed E-state index contributed by atoms with van der Waals surface area (Å²) in [6.45, 7) is 3.29. The molecule has 5 heteroatoms. The molecule has 0 bridgehead atoms. The number of nitrogens with zero attached hydrogens (tertiary/aromatic N) is 1. The molecule has 88 valence electrons. The highest BCUT2D eigenvalue weighted by Crippen LogP contribution is 2.19. The topological polar surface area (TPSA) is 72.2 Å². The number of amides is 1. The summed E-state index contributed by atoms with van der Waals surface area (Å²) in [5.74, 6) is 5.37. The van der Waals surface area contributed by atoms with E-state index in [9.17, 15) is 14.9 Å². The van der Waals surface area contributed by atoms with E-state index in [1.54, 1.807) is 19.1 Å². The smallest absolute Gasteiger partial charge is 0.273 e. The van der Waals surface area contributed by atoms with Crippen LogP contribution < -0.4 is 5.32 Å². The van der Waals surface area contributed by atoms with Crippen LogP contribution in [0.25, 0.3) is 0 Å². The molecular formula is C12H12N2O3. The Bertz CT molecular complexity index is 512. The summed E-state index contributed by atoms with van der Waals surface area (Å²) in [4.78, 5) is 20.9. The molecule has 1 N–H and O–H groups in total. The number of carbonyl (C=O) groups is 1. The normalized spacial score (nSPS) is 9.06. The zero-order valence-corrected chi connectivity index (χ0v) is 9.61. The van der Waals surface area contributed by atoms with Crippen LogP contribution in [0.15, 0.2) is 18.2 Å². The number of carbonyl (C=O) groups excluding carboxylic acids is 1. The van der Waals surface area contributed by atoms with Crippen molar-refractivity contribution in [2.24, 2.45) is 0 Å². The molecule has 1 aromatic carbocycles. The first-order chi connectivity index (χ1) is 8.02. The third-order valence-electron chi connectivity index (χ3n) is 2.15. The average molecular weight is 232 g/mol. The molecule has 0 unspecified atom stereocenters. The maximum Gasteiger partial charge on any atom is 0.273 e. The molecule has 0 aliphatic heterocycles. The van der Waals surface area contributed by atoms with Crippen molar-refractivity contribution in [1.29, 1.82) is 0 Å². The van der Waals surface area contributed by atoms with Gasteiger partial charge in [-0.25, -0.2) is 0 Å². The molecule has 5 nitrogen and oxygen atoms in total. The Morgan fingerprint density at radius 2 is 2.24 bits per heavy atom. The zero-order chi connectivity index (χ0) is 12.8. The second-order valence-electron chi connectivity index (χ2n) is 3.42. The molecule has 0 aliphatic carbocycles. The molecule has 17 heavy (non-hydrogen) atoms. The van der Waals surface area contributed by atoms with Gasteiger partial charge in [0.15, 0.2) is 0 Å². The standard InChI is InChI=1S/C12H12N2O3/c1-9-11(6-4-8-13-10(2)15)5-3-7-12(9)14(16)17/h3,5,7H,8H2,1-2H3,(H,13,15). The Hall–Kier alpha value is -2.35. The van der Waals surface area contributed by atoms with Crippen LogP contribution in [0.1, 0.15) is 18.1 Å². The van der Waals surface area contributed by atoms with Crippen LogP contribution in [0.3, 0.4) is 0 Å². The zero-order valence-electron chi connectivity index (χ0n) is 9.61. The van der Waals surface area contributed by atoms with Crippen molar-refractivity contribution in [3.05, 3.63) is 39.4 Å². The molecule has 0 aliphatic rings. The van der Waals surface area contributed by atoms with Crippen molar-refractivity contribution >= 4 is 11.6 Å². The highest BCUT2D eigenvalue weighted by atomic mass is 16.6. The van der Waals surface area contributed by atoms with E-state index in [1.807, 2.05) is 0 Å². The second kappa shape index (κ2) is 5.66. The van der Waals surface area contributed by atoms with Crippen LogP contribution in [-0.4, -0.2) is 17.4 Å². The highest BCUT2D eigenvalue weighted by molar-refractivity contribution is 5.73. The minimum absolute atomic E-state index is 0.0522. The van der Waals surface area contributed by atoms with Crippen molar-refractivity contribution in [3.8, 4) is 11.8 Å². The third kappa shape index (κ3) is 3.61. The molecule has 0 saturated heterocycles. The quantitative estimate of drug-likeness (QED) is 0.475. The van der Waals surface area contributed by atoms with E-state index in [0.717, 1.165) is 0 Å². The molecule has 1 amide bonds. The van der Waals surface area contributed by atoms with E-state index in [4.69, 9.17) is 0 Å². The van der Waals surface area contributed by atoms with Gasteiger partial charge in [0.1, 0.15) is 0 Å². The minimum atomic E-state index is -0.436. The van der Waals surface area contributed by atoms with Crippen molar-refractivity contribution in [1.82, 2.24) is 5.32 Å². The summed E-state index contributed by atoms with van der Waals surface area (Å²) < 4.78 is 0. The number of hydrogen-bond donors (Lipinski definition) is 1. The van der Waals surface area contributed by atoms with Crippen LogP contribution in [0.2, 0.25) is 0 Å². The first kappa shape index (κ1) is 12.7. The summed E-state index contributed by atoms with van der Waals surface area (Å²) in [5.41, 5.74) is 1.19. The van der Waals surface area contributed by atoms with E-state index in [1.165, 1.54) is 13.0 Å². The van der Waals surface area contributed by atoms with Crippen molar-refractivity contribution in [2.45, 2.75) is 13.8 Å². The monoisotopic (exact) mass is 232 g/mol. The van der Waals surface area contributed by atoms with Gasteiger partial charge in [0, 0.05) is 24.1 Å². The van der Waals surface area contributed by atoms with Crippen LogP contribution in [0, 0.1) is 28.9 Å². The predicted octanol–water partition coefficient (Wildman–Crippen LogP) is 1.39. The Balaban J connectivity index is 2.88. The van der Waals surface area contributed by atoms with Gasteiger partial charge in [0.25, 0.3) is 5.69 Å². The fourth-order valence-electron chi connectivity index (χ4n) is 1.26. The molecule has 1 rings (SSSR count). The first-order valence-corrected chi connectivity index (χ1v) is 4.99. The second-order valence-corrected chi connectivity index (χ2v) is 3.42. The Kier molecular flexibility index (Phi) is 4.23. The number of nitrogens with one attached hydrogen (secondary N) is 1. The molecular weight excluding hydrogens is 220 g/mol. The lowest BCUT2D eigenvalue weighted by molar-refractivity contribution is -0.385. The molecule has 0 atom stereocenters. The molecule has 0 spiro atoms. The van der Waals surface area contributed by atoms with E-state index in [-0.39, 0.29) is 18.1 Å². The summed E-state index contributed by atoms with van der Waals surface area (Å²) >= 11 is 0. The van der Waals surface area contributed by atoms with Gasteiger partial charge in [-0.15, -0.1) is 0 Å². The molecule has 0 heterocycles. The van der Waals surface area contributed by atoms with Gasteiger partial charge in [-0.05, 0) is 13.0 Å². The number of hydrogen-bond acceptors (Lipinski definition) is 3. The van der Waals surface area contributed by atoms with Crippen molar-refractivity contribution in [3.63, 3.8) is 0 Å². The summed E-state index contributed by atoms with van der Waals surface area (Å²) in [6.07, 6.45) is 0. The van der Waals surface area contributed by atoms with Crippen LogP contribution >= 0.6 is 0 Å². The third-order valence-corrected chi connectivity index (χ3v) is 2.15. The Labute approximate surface area is 99.0 Å². The molecule has 0 radical (unpaired) electrons. The molecule has 0 saturated carbocycles.